The highest BCUT2D eigenvalue weighted by Crippen LogP contribution is 2.16. The third kappa shape index (κ3) is 2.66. The van der Waals surface area contributed by atoms with Crippen LogP contribution in [-0.2, 0) is 6.42 Å². The second-order valence-electron chi connectivity index (χ2n) is 4.11. The van der Waals surface area contributed by atoms with Crippen LogP contribution in [0.2, 0.25) is 0 Å². The third-order valence-corrected chi connectivity index (χ3v) is 2.75. The Labute approximate surface area is 114 Å². The smallest absolute Gasteiger partial charge is 0.337 e. The molecule has 0 atom stereocenters. The zero-order valence-electron chi connectivity index (χ0n) is 11.0. The van der Waals surface area contributed by atoms with Crippen molar-refractivity contribution in [3.63, 3.8) is 0 Å². The van der Waals surface area contributed by atoms with Crippen molar-refractivity contribution in [1.29, 1.82) is 0 Å². The molecule has 2 aromatic rings. The normalized spacial score (nSPS) is 10.3. The van der Waals surface area contributed by atoms with Crippen LogP contribution in [0.15, 0.2) is 22.9 Å². The number of pyridine rings is 1. The van der Waals surface area contributed by atoms with E-state index >= 15 is 0 Å². The number of carboxylic acids is 1. The minimum atomic E-state index is -1.07. The second kappa shape index (κ2) is 5.52. The second-order valence-corrected chi connectivity index (χ2v) is 4.11. The summed E-state index contributed by atoms with van der Waals surface area (Å²) in [5.74, 6) is -0.751. The van der Waals surface area contributed by atoms with E-state index in [2.05, 4.69) is 15.5 Å². The highest BCUT2D eigenvalue weighted by molar-refractivity contribution is 6.05. The van der Waals surface area contributed by atoms with Gasteiger partial charge in [-0.05, 0) is 25.5 Å². The summed E-state index contributed by atoms with van der Waals surface area (Å²) in [7, 11) is 0. The zero-order chi connectivity index (χ0) is 14.7. The molecular formula is C13H13N3O4. The Bertz CT molecular complexity index is 646. The zero-order valence-corrected chi connectivity index (χ0v) is 11.0. The van der Waals surface area contributed by atoms with E-state index in [1.54, 1.807) is 6.92 Å². The third-order valence-electron chi connectivity index (χ3n) is 2.75. The number of amides is 1. The highest BCUT2D eigenvalue weighted by atomic mass is 16.5. The van der Waals surface area contributed by atoms with E-state index < -0.39 is 5.97 Å². The van der Waals surface area contributed by atoms with Crippen molar-refractivity contribution in [3.05, 3.63) is 40.9 Å². The fourth-order valence-electron chi connectivity index (χ4n) is 1.72. The Morgan fingerprint density at radius 1 is 1.40 bits per heavy atom. The molecule has 0 spiro atoms. The molecule has 2 N–H and O–H groups in total. The average molecular weight is 275 g/mol. The quantitative estimate of drug-likeness (QED) is 0.882. The van der Waals surface area contributed by atoms with Crippen LogP contribution in [0, 0.1) is 6.92 Å². The number of aromatic nitrogens is 2. The first-order valence-corrected chi connectivity index (χ1v) is 5.98. The molecule has 7 nitrogen and oxygen atoms in total. The van der Waals surface area contributed by atoms with E-state index in [0.717, 1.165) is 0 Å². The monoisotopic (exact) mass is 275 g/mol. The highest BCUT2D eigenvalue weighted by Gasteiger charge is 2.19. The molecule has 0 saturated carbocycles. The first-order chi connectivity index (χ1) is 9.52. The van der Waals surface area contributed by atoms with Crippen molar-refractivity contribution >= 4 is 17.7 Å². The number of hydrogen-bond donors (Lipinski definition) is 2. The molecule has 0 aliphatic heterocycles. The lowest BCUT2D eigenvalue weighted by atomic mass is 10.1. The van der Waals surface area contributed by atoms with Gasteiger partial charge in [0, 0.05) is 6.20 Å². The summed E-state index contributed by atoms with van der Waals surface area (Å²) in [4.78, 5) is 26.7. The van der Waals surface area contributed by atoms with Crippen molar-refractivity contribution in [2.24, 2.45) is 0 Å². The lowest BCUT2D eigenvalue weighted by Gasteiger charge is -2.04. The molecular weight excluding hydrogens is 262 g/mol. The number of anilines is 1. The van der Waals surface area contributed by atoms with Gasteiger partial charge in [0.2, 0.25) is 0 Å². The van der Waals surface area contributed by atoms with Crippen LogP contribution >= 0.6 is 0 Å². The maximum Gasteiger partial charge on any atom is 0.337 e. The van der Waals surface area contributed by atoms with Crippen molar-refractivity contribution in [1.82, 2.24) is 10.1 Å². The maximum absolute atomic E-state index is 12.1. The number of rotatable bonds is 4. The van der Waals surface area contributed by atoms with Crippen LogP contribution in [0.3, 0.4) is 0 Å². The Hall–Kier alpha value is -2.70. The summed E-state index contributed by atoms with van der Waals surface area (Å²) in [6.07, 6.45) is 1.75. The Kier molecular flexibility index (Phi) is 3.79. The van der Waals surface area contributed by atoms with Gasteiger partial charge in [0.25, 0.3) is 5.91 Å². The Balaban J connectivity index is 2.19. The van der Waals surface area contributed by atoms with E-state index in [1.807, 2.05) is 6.92 Å². The number of nitrogens with one attached hydrogen (secondary N) is 1. The Morgan fingerprint density at radius 3 is 2.70 bits per heavy atom. The summed E-state index contributed by atoms with van der Waals surface area (Å²) in [6, 6.07) is 2.79. The van der Waals surface area contributed by atoms with Gasteiger partial charge in [-0.1, -0.05) is 12.1 Å². The molecule has 2 heterocycles. The molecule has 7 heteroatoms. The van der Waals surface area contributed by atoms with Gasteiger partial charge in [0.05, 0.1) is 11.3 Å². The van der Waals surface area contributed by atoms with E-state index in [1.165, 1.54) is 18.3 Å². The molecule has 2 aromatic heterocycles. The van der Waals surface area contributed by atoms with Gasteiger partial charge in [-0.15, -0.1) is 0 Å². The van der Waals surface area contributed by atoms with Crippen molar-refractivity contribution in [2.75, 3.05) is 5.32 Å². The molecule has 0 aliphatic carbocycles. The van der Waals surface area contributed by atoms with Crippen molar-refractivity contribution < 1.29 is 19.2 Å². The van der Waals surface area contributed by atoms with Gasteiger partial charge in [0.1, 0.15) is 17.1 Å². The molecule has 104 valence electrons. The minimum Gasteiger partial charge on any atom is -0.478 e. The first kappa shape index (κ1) is 13.7. The van der Waals surface area contributed by atoms with E-state index in [9.17, 15) is 9.59 Å². The van der Waals surface area contributed by atoms with Crippen LogP contribution in [0.25, 0.3) is 0 Å². The molecule has 0 radical (unpaired) electrons. The van der Waals surface area contributed by atoms with Gasteiger partial charge in [-0.3, -0.25) is 4.79 Å². The molecule has 0 saturated heterocycles. The lowest BCUT2D eigenvalue weighted by molar-refractivity contribution is 0.0696. The summed E-state index contributed by atoms with van der Waals surface area (Å²) >= 11 is 0. The summed E-state index contributed by atoms with van der Waals surface area (Å²) in [6.45, 7) is 3.52. The van der Waals surface area contributed by atoms with Crippen LogP contribution in [-0.4, -0.2) is 27.1 Å². The molecule has 2 rings (SSSR count). The van der Waals surface area contributed by atoms with Crippen LogP contribution in [0.1, 0.15) is 39.1 Å². The minimum absolute atomic E-state index is 0.0541. The van der Waals surface area contributed by atoms with Gasteiger partial charge in [-0.25, -0.2) is 9.78 Å². The molecule has 1 amide bonds. The van der Waals surface area contributed by atoms with E-state index in [-0.39, 0.29) is 17.3 Å². The first-order valence-electron chi connectivity index (χ1n) is 5.98. The molecule has 0 aliphatic rings. The number of carbonyl (C=O) groups is 2. The number of aryl methyl sites for hydroxylation is 2. The number of nitrogens with zero attached hydrogens (tertiary/aromatic N) is 2. The number of aromatic carboxylic acids is 1. The topological polar surface area (TPSA) is 105 Å². The van der Waals surface area contributed by atoms with Gasteiger partial charge < -0.3 is 14.9 Å². The maximum atomic E-state index is 12.1. The standard InChI is InChI=1S/C13H13N3O4/c1-3-9-11(7(2)20-16-9)12(17)15-10-5-4-8(6-14-10)13(18)19/h4-6H,3H2,1-2H3,(H,18,19)(H,14,15,17). The van der Waals surface area contributed by atoms with Crippen LogP contribution < -0.4 is 5.32 Å². The fraction of sp³-hybridized carbons (Fsp3) is 0.231. The predicted octanol–water partition coefficient (Wildman–Crippen LogP) is 1.89. The molecule has 0 bridgehead atoms. The largest absolute Gasteiger partial charge is 0.478 e. The molecule has 0 aromatic carbocycles. The number of carboxylic acid groups (broad SMARTS) is 1. The Morgan fingerprint density at radius 2 is 2.15 bits per heavy atom. The van der Waals surface area contributed by atoms with E-state index in [4.69, 9.17) is 9.63 Å². The summed E-state index contributed by atoms with van der Waals surface area (Å²) in [5, 5.41) is 15.1. The van der Waals surface area contributed by atoms with E-state index in [0.29, 0.717) is 23.4 Å². The molecule has 20 heavy (non-hydrogen) atoms. The van der Waals surface area contributed by atoms with Gasteiger partial charge in [0.15, 0.2) is 0 Å². The van der Waals surface area contributed by atoms with Crippen LogP contribution in [0.4, 0.5) is 5.82 Å². The van der Waals surface area contributed by atoms with Gasteiger partial charge in [-0.2, -0.15) is 0 Å². The fourth-order valence-corrected chi connectivity index (χ4v) is 1.72. The SMILES string of the molecule is CCc1noc(C)c1C(=O)Nc1ccc(C(=O)O)cn1. The predicted molar refractivity (Wildman–Crippen MR) is 69.8 cm³/mol. The number of hydrogen-bond acceptors (Lipinski definition) is 5. The van der Waals surface area contributed by atoms with Crippen LogP contribution in [0.5, 0.6) is 0 Å². The number of carbonyl (C=O) groups excluding carboxylic acids is 1. The molecule has 0 fully saturated rings. The lowest BCUT2D eigenvalue weighted by Crippen LogP contribution is -2.15. The van der Waals surface area contributed by atoms with Crippen molar-refractivity contribution in [2.45, 2.75) is 20.3 Å². The van der Waals surface area contributed by atoms with Gasteiger partial charge >= 0.3 is 5.97 Å². The summed E-state index contributed by atoms with van der Waals surface area (Å²) in [5.41, 5.74) is 1.01. The summed E-state index contributed by atoms with van der Waals surface area (Å²) < 4.78 is 4.99. The average Bonchev–Trinajstić information content (AvgIpc) is 2.80. The van der Waals surface area contributed by atoms with Crippen molar-refractivity contribution in [3.8, 4) is 0 Å². The molecule has 0 unspecified atom stereocenters.